The van der Waals surface area contributed by atoms with Gasteiger partial charge in [-0.3, -0.25) is 14.1 Å². The number of fused-ring (bicyclic) bond motifs is 1. The van der Waals surface area contributed by atoms with Crippen molar-refractivity contribution in [3.8, 4) is 11.3 Å². The summed E-state index contributed by atoms with van der Waals surface area (Å²) in [4.78, 5) is 25.3. The van der Waals surface area contributed by atoms with E-state index in [0.717, 1.165) is 12.1 Å². The number of hydrogen-bond donors (Lipinski definition) is 2. The Kier molecular flexibility index (Phi) is 5.55. The molecular weight excluding hydrogens is 461 g/mol. The van der Waals surface area contributed by atoms with E-state index in [4.69, 9.17) is 5.73 Å². The SMILES string of the molecule is CC(C)n1c(=O)c(-c2ccc(NS(=O)(=O)CC3CCC3(F)F)c(F)c2)nc2cnc(N)nc21. The molecule has 176 valence electrons. The van der Waals surface area contributed by atoms with Gasteiger partial charge in [0.05, 0.1) is 17.6 Å². The van der Waals surface area contributed by atoms with Gasteiger partial charge in [0, 0.05) is 23.9 Å². The predicted octanol–water partition coefficient (Wildman–Crippen LogP) is 2.94. The van der Waals surface area contributed by atoms with Crippen LogP contribution in [0.1, 0.15) is 32.7 Å². The van der Waals surface area contributed by atoms with Gasteiger partial charge in [-0.1, -0.05) is 6.07 Å². The number of nitrogens with zero attached hydrogens (tertiary/aromatic N) is 4. The smallest absolute Gasteiger partial charge is 0.278 e. The molecule has 2 heterocycles. The number of hydrogen-bond acceptors (Lipinski definition) is 7. The predicted molar refractivity (Wildman–Crippen MR) is 117 cm³/mol. The third-order valence-electron chi connectivity index (χ3n) is 5.52. The van der Waals surface area contributed by atoms with Crippen molar-refractivity contribution in [1.29, 1.82) is 0 Å². The Morgan fingerprint density at radius 3 is 2.61 bits per heavy atom. The molecule has 1 unspecified atom stereocenters. The summed E-state index contributed by atoms with van der Waals surface area (Å²) >= 11 is 0. The summed E-state index contributed by atoms with van der Waals surface area (Å²) in [5.41, 5.74) is 5.16. The zero-order valence-electron chi connectivity index (χ0n) is 17.7. The molecule has 0 bridgehead atoms. The summed E-state index contributed by atoms with van der Waals surface area (Å²) in [6.45, 7) is 3.51. The first-order chi connectivity index (χ1) is 15.4. The largest absolute Gasteiger partial charge is 0.368 e. The highest BCUT2D eigenvalue weighted by atomic mass is 32.2. The summed E-state index contributed by atoms with van der Waals surface area (Å²) in [6.07, 6.45) is 1.07. The quantitative estimate of drug-likeness (QED) is 0.552. The van der Waals surface area contributed by atoms with E-state index in [0.29, 0.717) is 0 Å². The lowest BCUT2D eigenvalue weighted by Crippen LogP contribution is -2.43. The van der Waals surface area contributed by atoms with Crippen LogP contribution >= 0.6 is 0 Å². The Bertz CT molecular complexity index is 1410. The number of halogens is 3. The van der Waals surface area contributed by atoms with Crippen LogP contribution in [0.2, 0.25) is 0 Å². The molecule has 1 aliphatic carbocycles. The molecule has 1 fully saturated rings. The van der Waals surface area contributed by atoms with Crippen molar-refractivity contribution in [3.05, 3.63) is 40.6 Å². The molecule has 0 radical (unpaired) electrons. The van der Waals surface area contributed by atoms with Gasteiger partial charge in [0.2, 0.25) is 16.0 Å². The van der Waals surface area contributed by atoms with Gasteiger partial charge in [-0.2, -0.15) is 4.98 Å². The minimum atomic E-state index is -4.20. The third-order valence-corrected chi connectivity index (χ3v) is 6.89. The van der Waals surface area contributed by atoms with Gasteiger partial charge >= 0.3 is 0 Å². The van der Waals surface area contributed by atoms with E-state index in [-0.39, 0.29) is 47.3 Å². The van der Waals surface area contributed by atoms with Crippen LogP contribution in [0.25, 0.3) is 22.4 Å². The highest BCUT2D eigenvalue weighted by Gasteiger charge is 2.50. The van der Waals surface area contributed by atoms with E-state index in [1.807, 2.05) is 4.72 Å². The number of nitrogens with two attached hydrogens (primary N) is 1. The highest BCUT2D eigenvalue weighted by Crippen LogP contribution is 2.44. The van der Waals surface area contributed by atoms with Gasteiger partial charge in [-0.15, -0.1) is 0 Å². The fraction of sp³-hybridized carbons (Fsp3) is 0.400. The lowest BCUT2D eigenvalue weighted by atomic mass is 9.82. The van der Waals surface area contributed by atoms with Crippen molar-refractivity contribution < 1.29 is 21.6 Å². The van der Waals surface area contributed by atoms with Crippen molar-refractivity contribution in [2.45, 2.75) is 38.7 Å². The third kappa shape index (κ3) is 4.36. The molecule has 2 aromatic heterocycles. The maximum absolute atomic E-state index is 14.8. The number of nitrogen functional groups attached to an aromatic ring is 1. The van der Waals surface area contributed by atoms with Gasteiger partial charge in [0.1, 0.15) is 17.0 Å². The number of sulfonamides is 1. The Morgan fingerprint density at radius 1 is 1.30 bits per heavy atom. The Morgan fingerprint density at radius 2 is 2.03 bits per heavy atom. The van der Waals surface area contributed by atoms with Crippen LogP contribution in [0.4, 0.5) is 24.8 Å². The van der Waals surface area contributed by atoms with Gasteiger partial charge in [-0.25, -0.2) is 31.6 Å². The number of rotatable bonds is 6. The van der Waals surface area contributed by atoms with Gasteiger partial charge < -0.3 is 5.73 Å². The van der Waals surface area contributed by atoms with Crippen LogP contribution in [-0.4, -0.2) is 39.6 Å². The van der Waals surface area contributed by atoms with Crippen LogP contribution in [-0.2, 0) is 10.0 Å². The maximum atomic E-state index is 14.8. The summed E-state index contributed by atoms with van der Waals surface area (Å²) in [7, 11) is -4.20. The fourth-order valence-corrected chi connectivity index (χ4v) is 5.20. The number of benzene rings is 1. The molecule has 1 aliphatic rings. The van der Waals surface area contributed by atoms with Crippen LogP contribution in [0.15, 0.2) is 29.2 Å². The second-order valence-electron chi connectivity index (χ2n) is 8.24. The molecule has 13 heteroatoms. The van der Waals surface area contributed by atoms with E-state index < -0.39 is 44.7 Å². The van der Waals surface area contributed by atoms with Crippen molar-refractivity contribution in [2.75, 3.05) is 16.2 Å². The van der Waals surface area contributed by atoms with Gasteiger partial charge in [0.15, 0.2) is 5.65 Å². The first kappa shape index (κ1) is 23.0. The molecule has 0 saturated heterocycles. The van der Waals surface area contributed by atoms with Crippen molar-refractivity contribution in [3.63, 3.8) is 0 Å². The lowest BCUT2D eigenvalue weighted by Gasteiger charge is -2.35. The molecule has 3 aromatic rings. The molecule has 1 atom stereocenters. The van der Waals surface area contributed by atoms with Crippen LogP contribution in [0.5, 0.6) is 0 Å². The molecule has 0 amide bonds. The van der Waals surface area contributed by atoms with Crippen LogP contribution < -0.4 is 16.0 Å². The number of nitrogens with one attached hydrogen (secondary N) is 1. The molecule has 0 aliphatic heterocycles. The number of alkyl halides is 2. The van der Waals surface area contributed by atoms with E-state index in [9.17, 15) is 26.4 Å². The maximum Gasteiger partial charge on any atom is 0.278 e. The molecule has 1 saturated carbocycles. The van der Waals surface area contributed by atoms with Crippen molar-refractivity contribution >= 4 is 32.8 Å². The zero-order chi connectivity index (χ0) is 24.1. The van der Waals surface area contributed by atoms with E-state index in [2.05, 4.69) is 15.0 Å². The first-order valence-electron chi connectivity index (χ1n) is 10.1. The Balaban J connectivity index is 1.69. The fourth-order valence-electron chi connectivity index (χ4n) is 3.67. The van der Waals surface area contributed by atoms with Gasteiger partial charge in [-0.05, 0) is 32.4 Å². The van der Waals surface area contributed by atoms with Crippen molar-refractivity contribution in [1.82, 2.24) is 19.5 Å². The average molecular weight is 482 g/mol. The minimum absolute atomic E-state index is 0.0341. The Labute approximate surface area is 186 Å². The van der Waals surface area contributed by atoms with Crippen LogP contribution in [0.3, 0.4) is 0 Å². The summed E-state index contributed by atoms with van der Waals surface area (Å²) in [6, 6.07) is 3.06. The zero-order valence-corrected chi connectivity index (χ0v) is 18.5. The standard InChI is InChI=1S/C20H21F3N6O3S/c1-10(2)29-17-15(8-25-19(24)27-17)26-16(18(29)30)11-3-4-14(13(21)7-11)28-33(31,32)9-12-5-6-20(12,22)23/h3-4,7-8,10,12,28H,5-6,9H2,1-2H3,(H2,24,25,27). The topological polar surface area (TPSA) is 133 Å². The molecule has 0 spiro atoms. The number of aromatic nitrogens is 4. The van der Waals surface area contributed by atoms with Crippen LogP contribution in [0, 0.1) is 11.7 Å². The van der Waals surface area contributed by atoms with E-state index >= 15 is 0 Å². The lowest BCUT2D eigenvalue weighted by molar-refractivity contribution is -0.122. The molecule has 3 N–H and O–H groups in total. The second kappa shape index (κ2) is 7.97. The Hall–Kier alpha value is -3.22. The van der Waals surface area contributed by atoms with E-state index in [1.165, 1.54) is 16.8 Å². The molecule has 4 rings (SSSR count). The molecule has 1 aromatic carbocycles. The normalized spacial score (nSPS) is 17.8. The minimum Gasteiger partial charge on any atom is -0.368 e. The summed E-state index contributed by atoms with van der Waals surface area (Å²) in [5.74, 6) is -6.17. The van der Waals surface area contributed by atoms with Crippen molar-refractivity contribution in [2.24, 2.45) is 5.92 Å². The first-order valence-corrected chi connectivity index (χ1v) is 11.8. The molecular formula is C20H21F3N6O3S. The van der Waals surface area contributed by atoms with Gasteiger partial charge in [0.25, 0.3) is 11.5 Å². The summed E-state index contributed by atoms with van der Waals surface area (Å²) < 4.78 is 69.5. The number of anilines is 2. The van der Waals surface area contributed by atoms with E-state index in [1.54, 1.807) is 13.8 Å². The molecule has 9 nitrogen and oxygen atoms in total. The second-order valence-corrected chi connectivity index (χ2v) is 10.0. The molecule has 33 heavy (non-hydrogen) atoms. The average Bonchev–Trinajstić information content (AvgIpc) is 2.72. The highest BCUT2D eigenvalue weighted by molar-refractivity contribution is 7.92. The monoisotopic (exact) mass is 482 g/mol. The summed E-state index contributed by atoms with van der Waals surface area (Å²) in [5, 5.41) is 0.